The van der Waals surface area contributed by atoms with Gasteiger partial charge in [-0.15, -0.1) is 0 Å². The average molecular weight is 356 g/mol. The minimum absolute atomic E-state index is 0.148. The van der Waals surface area contributed by atoms with Gasteiger partial charge in [-0.05, 0) is 43.7 Å². The lowest BCUT2D eigenvalue weighted by molar-refractivity contribution is -0.144. The molecule has 5 aliphatic heterocycles. The summed E-state index contributed by atoms with van der Waals surface area (Å²) in [5.74, 6) is 0.614. The SMILES string of the molecule is O=C1NCN(c2ccccc2)C12CCN(C1C(O)C3CCN1CC3)CC2. The van der Waals surface area contributed by atoms with Gasteiger partial charge in [-0.3, -0.25) is 14.6 Å². The van der Waals surface area contributed by atoms with Crippen LogP contribution in [0.25, 0.3) is 0 Å². The second kappa shape index (κ2) is 6.22. The van der Waals surface area contributed by atoms with E-state index in [2.05, 4.69) is 32.1 Å². The van der Waals surface area contributed by atoms with Crippen LogP contribution in [0.1, 0.15) is 25.7 Å². The summed E-state index contributed by atoms with van der Waals surface area (Å²) in [4.78, 5) is 19.9. The molecule has 1 spiro atoms. The monoisotopic (exact) mass is 356 g/mol. The van der Waals surface area contributed by atoms with Gasteiger partial charge < -0.3 is 15.3 Å². The van der Waals surface area contributed by atoms with Gasteiger partial charge in [0, 0.05) is 31.9 Å². The van der Waals surface area contributed by atoms with E-state index in [1.165, 1.54) is 0 Å². The fourth-order valence-electron chi connectivity index (χ4n) is 5.62. The quantitative estimate of drug-likeness (QED) is 0.822. The van der Waals surface area contributed by atoms with E-state index in [0.29, 0.717) is 12.6 Å². The molecule has 140 valence electrons. The Balaban J connectivity index is 1.35. The number of aliphatic hydroxyl groups is 1. The average Bonchev–Trinajstić information content (AvgIpc) is 3.00. The van der Waals surface area contributed by atoms with Crippen molar-refractivity contribution < 1.29 is 9.90 Å². The first-order valence-electron chi connectivity index (χ1n) is 9.96. The van der Waals surface area contributed by atoms with Gasteiger partial charge in [0.25, 0.3) is 0 Å². The highest BCUT2D eigenvalue weighted by atomic mass is 16.3. The third-order valence-corrected chi connectivity index (χ3v) is 7.14. The smallest absolute Gasteiger partial charge is 0.247 e. The summed E-state index contributed by atoms with van der Waals surface area (Å²) in [7, 11) is 0. The molecule has 1 amide bonds. The number of anilines is 1. The van der Waals surface area contributed by atoms with Gasteiger partial charge in [-0.25, -0.2) is 0 Å². The fraction of sp³-hybridized carbons (Fsp3) is 0.650. The van der Waals surface area contributed by atoms with Crippen LogP contribution in [0.15, 0.2) is 30.3 Å². The number of hydrogen-bond donors (Lipinski definition) is 2. The highest BCUT2D eigenvalue weighted by Gasteiger charge is 2.53. The summed E-state index contributed by atoms with van der Waals surface area (Å²) < 4.78 is 0. The van der Waals surface area contributed by atoms with Crippen molar-refractivity contribution >= 4 is 11.6 Å². The molecule has 0 saturated carbocycles. The van der Waals surface area contributed by atoms with Crippen LogP contribution in [-0.4, -0.2) is 71.5 Å². The third kappa shape index (κ3) is 2.39. The summed E-state index contributed by atoms with van der Waals surface area (Å²) in [5, 5.41) is 13.8. The molecular weight excluding hydrogens is 328 g/mol. The summed E-state index contributed by atoms with van der Waals surface area (Å²) in [6, 6.07) is 10.2. The van der Waals surface area contributed by atoms with Crippen molar-refractivity contribution in [2.45, 2.75) is 43.5 Å². The van der Waals surface area contributed by atoms with E-state index < -0.39 is 5.54 Å². The molecule has 2 unspecified atom stereocenters. The van der Waals surface area contributed by atoms with E-state index in [-0.39, 0.29) is 18.2 Å². The molecule has 5 aliphatic rings. The number of likely N-dealkylation sites (tertiary alicyclic amines) is 1. The van der Waals surface area contributed by atoms with Gasteiger partial charge in [0.05, 0.1) is 18.9 Å². The summed E-state index contributed by atoms with van der Waals surface area (Å²) in [6.07, 6.45) is 3.79. The van der Waals surface area contributed by atoms with Crippen molar-refractivity contribution in [2.24, 2.45) is 5.92 Å². The molecule has 6 heteroatoms. The predicted octanol–water partition coefficient (Wildman–Crippen LogP) is 0.827. The van der Waals surface area contributed by atoms with Gasteiger partial charge >= 0.3 is 0 Å². The number of hydrogen-bond acceptors (Lipinski definition) is 5. The normalized spacial score (nSPS) is 36.5. The Morgan fingerprint density at radius 1 is 1.00 bits per heavy atom. The molecule has 5 heterocycles. The summed E-state index contributed by atoms with van der Waals surface area (Å²) in [5.41, 5.74) is 0.672. The first kappa shape index (κ1) is 16.5. The molecule has 5 fully saturated rings. The Hall–Kier alpha value is -1.63. The predicted molar refractivity (Wildman–Crippen MR) is 99.6 cm³/mol. The fourth-order valence-corrected chi connectivity index (χ4v) is 5.62. The maximum atomic E-state index is 12.8. The number of fused-ring (bicyclic) bond motifs is 3. The molecule has 6 rings (SSSR count). The molecule has 2 bridgehead atoms. The van der Waals surface area contributed by atoms with Crippen LogP contribution < -0.4 is 10.2 Å². The highest BCUT2D eigenvalue weighted by Crippen LogP contribution is 2.39. The maximum absolute atomic E-state index is 12.8. The minimum Gasteiger partial charge on any atom is -0.390 e. The summed E-state index contributed by atoms with van der Waals surface area (Å²) in [6.45, 7) is 4.52. The van der Waals surface area contributed by atoms with Gasteiger partial charge in [-0.1, -0.05) is 18.2 Å². The number of nitrogens with zero attached hydrogens (tertiary/aromatic N) is 3. The number of carbonyl (C=O) groups is 1. The molecule has 0 aliphatic carbocycles. The second-order valence-electron chi connectivity index (χ2n) is 8.27. The van der Waals surface area contributed by atoms with Crippen molar-refractivity contribution in [3.8, 4) is 0 Å². The number of piperidine rings is 4. The van der Waals surface area contributed by atoms with Crippen LogP contribution in [0.5, 0.6) is 0 Å². The zero-order valence-corrected chi connectivity index (χ0v) is 15.2. The topological polar surface area (TPSA) is 59.1 Å². The molecule has 0 aromatic heterocycles. The molecule has 1 aromatic rings. The van der Waals surface area contributed by atoms with Crippen molar-refractivity contribution in [3.63, 3.8) is 0 Å². The lowest BCUT2D eigenvalue weighted by atomic mass is 9.80. The van der Waals surface area contributed by atoms with E-state index in [1.807, 2.05) is 18.2 Å². The van der Waals surface area contributed by atoms with Crippen LogP contribution in [0.2, 0.25) is 0 Å². The number of aliphatic hydroxyl groups excluding tert-OH is 1. The summed E-state index contributed by atoms with van der Waals surface area (Å²) >= 11 is 0. The van der Waals surface area contributed by atoms with E-state index in [1.54, 1.807) is 0 Å². The van der Waals surface area contributed by atoms with Crippen LogP contribution in [0.4, 0.5) is 5.69 Å². The number of rotatable bonds is 2. The maximum Gasteiger partial charge on any atom is 0.247 e. The lowest BCUT2D eigenvalue weighted by Gasteiger charge is -2.55. The molecule has 26 heavy (non-hydrogen) atoms. The van der Waals surface area contributed by atoms with Crippen molar-refractivity contribution in [1.82, 2.24) is 15.1 Å². The van der Waals surface area contributed by atoms with Crippen LogP contribution in [0, 0.1) is 5.92 Å². The standard InChI is InChI=1S/C20H28N4O2/c25-17-15-6-10-22(11-7-15)18(17)23-12-8-20(9-13-23)19(26)21-14-24(20)16-4-2-1-3-5-16/h1-5,15,17-18,25H,6-14H2,(H,21,26). The molecule has 2 N–H and O–H groups in total. The second-order valence-corrected chi connectivity index (χ2v) is 8.27. The van der Waals surface area contributed by atoms with Crippen LogP contribution >= 0.6 is 0 Å². The van der Waals surface area contributed by atoms with Crippen molar-refractivity contribution in [1.29, 1.82) is 0 Å². The van der Waals surface area contributed by atoms with E-state index >= 15 is 0 Å². The number of nitrogens with one attached hydrogen (secondary N) is 1. The minimum atomic E-state index is -0.439. The molecule has 6 nitrogen and oxygen atoms in total. The Morgan fingerprint density at radius 3 is 2.31 bits per heavy atom. The van der Waals surface area contributed by atoms with E-state index in [4.69, 9.17) is 0 Å². The van der Waals surface area contributed by atoms with E-state index in [9.17, 15) is 9.90 Å². The Labute approximate surface area is 154 Å². The van der Waals surface area contributed by atoms with Gasteiger partial charge in [0.2, 0.25) is 5.91 Å². The Morgan fingerprint density at radius 2 is 1.65 bits per heavy atom. The van der Waals surface area contributed by atoms with E-state index in [0.717, 1.165) is 57.5 Å². The van der Waals surface area contributed by atoms with Crippen molar-refractivity contribution in [2.75, 3.05) is 37.7 Å². The zero-order chi connectivity index (χ0) is 17.7. The number of benzene rings is 1. The van der Waals surface area contributed by atoms with Crippen LogP contribution in [-0.2, 0) is 4.79 Å². The third-order valence-electron chi connectivity index (χ3n) is 7.14. The van der Waals surface area contributed by atoms with Gasteiger partial charge in [0.1, 0.15) is 5.54 Å². The van der Waals surface area contributed by atoms with Gasteiger partial charge in [0.15, 0.2) is 0 Å². The zero-order valence-electron chi connectivity index (χ0n) is 15.2. The Bertz CT molecular complexity index is 664. The highest BCUT2D eigenvalue weighted by molar-refractivity contribution is 5.93. The molecular formula is C20H28N4O2. The number of carbonyl (C=O) groups excluding carboxylic acids is 1. The Kier molecular flexibility index (Phi) is 3.95. The molecule has 5 saturated heterocycles. The largest absolute Gasteiger partial charge is 0.390 e. The van der Waals surface area contributed by atoms with Gasteiger partial charge in [-0.2, -0.15) is 0 Å². The first-order valence-corrected chi connectivity index (χ1v) is 9.96. The molecule has 2 atom stereocenters. The first-order chi connectivity index (χ1) is 12.7. The molecule has 0 radical (unpaired) electrons. The van der Waals surface area contributed by atoms with Crippen molar-refractivity contribution in [3.05, 3.63) is 30.3 Å². The molecule has 1 aromatic carbocycles. The van der Waals surface area contributed by atoms with Crippen LogP contribution in [0.3, 0.4) is 0 Å². The number of amides is 1. The lowest BCUT2D eigenvalue weighted by Crippen LogP contribution is -2.67. The number of para-hydroxylation sites is 1.